The average molecular weight is 440 g/mol. The van der Waals surface area contributed by atoms with Gasteiger partial charge in [0, 0.05) is 32.8 Å². The lowest BCUT2D eigenvalue weighted by molar-refractivity contribution is -0.137. The molecule has 3 saturated heterocycles. The number of benzene rings is 1. The summed E-state index contributed by atoms with van der Waals surface area (Å²) >= 11 is 0. The monoisotopic (exact) mass is 439 g/mol. The van der Waals surface area contributed by atoms with Crippen LogP contribution in [-0.2, 0) is 9.53 Å². The van der Waals surface area contributed by atoms with Crippen molar-refractivity contribution in [2.75, 3.05) is 44.2 Å². The Hall–Kier alpha value is -2.41. The highest BCUT2D eigenvalue weighted by molar-refractivity contribution is 6.23. The van der Waals surface area contributed by atoms with Crippen LogP contribution < -0.4 is 4.90 Å². The summed E-state index contributed by atoms with van der Waals surface area (Å²) in [5, 5.41) is 0. The number of amides is 3. The van der Waals surface area contributed by atoms with Gasteiger partial charge in [-0.2, -0.15) is 0 Å². The lowest BCUT2D eigenvalue weighted by Gasteiger charge is -2.38. The van der Waals surface area contributed by atoms with Crippen LogP contribution in [0.3, 0.4) is 0 Å². The van der Waals surface area contributed by atoms with Crippen molar-refractivity contribution in [2.24, 2.45) is 11.8 Å². The topological polar surface area (TPSA) is 70.2 Å². The predicted octanol–water partition coefficient (Wildman–Crippen LogP) is 2.94. The molecule has 2 atom stereocenters. The summed E-state index contributed by atoms with van der Waals surface area (Å²) in [6.45, 7) is 6.36. The van der Waals surface area contributed by atoms with Crippen LogP contribution in [0.25, 0.3) is 0 Å². The van der Waals surface area contributed by atoms with Crippen LogP contribution in [0.2, 0.25) is 0 Å². The molecule has 1 aromatic carbocycles. The molecule has 0 aromatic heterocycles. The zero-order valence-electron chi connectivity index (χ0n) is 18.9. The van der Waals surface area contributed by atoms with Crippen LogP contribution >= 0.6 is 0 Å². The third kappa shape index (κ3) is 3.91. The molecule has 1 aromatic rings. The summed E-state index contributed by atoms with van der Waals surface area (Å²) in [4.78, 5) is 45.0. The quantitative estimate of drug-likeness (QED) is 0.675. The molecule has 3 fully saturated rings. The van der Waals surface area contributed by atoms with Gasteiger partial charge in [0.25, 0.3) is 11.8 Å². The first-order chi connectivity index (χ1) is 15.5. The summed E-state index contributed by atoms with van der Waals surface area (Å²) < 4.78 is 5.66. The van der Waals surface area contributed by atoms with Gasteiger partial charge in [-0.05, 0) is 56.6 Å². The van der Waals surface area contributed by atoms with E-state index in [0.29, 0.717) is 36.7 Å². The minimum absolute atomic E-state index is 0.0526. The first-order valence-corrected chi connectivity index (χ1v) is 12.2. The molecule has 0 aliphatic carbocycles. The average Bonchev–Trinajstić information content (AvgIpc) is 3.42. The molecule has 7 heteroatoms. The Morgan fingerprint density at radius 2 is 1.84 bits per heavy atom. The smallest absolute Gasteiger partial charge is 0.263 e. The number of ether oxygens (including phenoxy) is 1. The Kier molecular flexibility index (Phi) is 5.93. The van der Waals surface area contributed by atoms with Crippen LogP contribution in [0, 0.1) is 11.8 Å². The molecule has 4 heterocycles. The van der Waals surface area contributed by atoms with Gasteiger partial charge in [0.1, 0.15) is 0 Å². The summed E-state index contributed by atoms with van der Waals surface area (Å²) in [6, 6.07) is 5.53. The number of hydrogen-bond donors (Lipinski definition) is 0. The minimum Gasteiger partial charge on any atom is -0.376 e. The fraction of sp³-hybridized carbons (Fsp3) is 0.640. The lowest BCUT2D eigenvalue weighted by atomic mass is 9.92. The molecule has 0 spiro atoms. The Labute approximate surface area is 189 Å². The third-order valence-corrected chi connectivity index (χ3v) is 7.59. The fourth-order valence-electron chi connectivity index (χ4n) is 5.62. The van der Waals surface area contributed by atoms with Crippen molar-refractivity contribution < 1.29 is 19.1 Å². The number of carbonyl (C=O) groups is 3. The first-order valence-electron chi connectivity index (χ1n) is 12.2. The van der Waals surface area contributed by atoms with Crippen LogP contribution in [0.5, 0.6) is 0 Å². The first kappa shape index (κ1) is 21.4. The second kappa shape index (κ2) is 8.85. The number of nitrogens with zero attached hydrogens (tertiary/aromatic N) is 3. The van der Waals surface area contributed by atoms with Gasteiger partial charge in [0.05, 0.1) is 35.4 Å². The summed E-state index contributed by atoms with van der Waals surface area (Å²) in [5.41, 5.74) is 1.76. The fourth-order valence-corrected chi connectivity index (χ4v) is 5.62. The molecule has 0 bridgehead atoms. The van der Waals surface area contributed by atoms with Crippen molar-refractivity contribution in [2.45, 2.75) is 51.6 Å². The van der Waals surface area contributed by atoms with E-state index in [9.17, 15) is 14.4 Å². The van der Waals surface area contributed by atoms with Crippen molar-refractivity contribution in [1.82, 2.24) is 9.80 Å². The van der Waals surface area contributed by atoms with E-state index in [0.717, 1.165) is 63.8 Å². The number of carbonyl (C=O) groups excluding carboxylic acids is 3. The standard InChI is InChI=1S/C25H33N3O4/c1-17-9-12-26(13-10-17)23(29)18-5-3-11-27(15-18)21-8-2-7-20-22(21)25(31)28(24(20)30)16-19-6-4-14-32-19/h2,7-8,17-19H,3-6,9-16H2,1H3. The molecule has 0 saturated carbocycles. The van der Waals surface area contributed by atoms with Crippen LogP contribution in [-0.4, -0.2) is 73.0 Å². The molecule has 4 aliphatic heterocycles. The minimum atomic E-state index is -0.227. The maximum atomic E-state index is 13.3. The Morgan fingerprint density at radius 1 is 1.03 bits per heavy atom. The van der Waals surface area contributed by atoms with E-state index < -0.39 is 0 Å². The lowest BCUT2D eigenvalue weighted by Crippen LogP contribution is -2.47. The number of likely N-dealkylation sites (tertiary alicyclic amines) is 1. The van der Waals surface area contributed by atoms with Crippen LogP contribution in [0.1, 0.15) is 66.2 Å². The van der Waals surface area contributed by atoms with Crippen molar-refractivity contribution >= 4 is 23.4 Å². The number of anilines is 1. The second-order valence-corrected chi connectivity index (χ2v) is 9.85. The van der Waals surface area contributed by atoms with Gasteiger partial charge < -0.3 is 14.5 Å². The molecule has 2 unspecified atom stereocenters. The highest BCUT2D eigenvalue weighted by Gasteiger charge is 2.41. The summed E-state index contributed by atoms with van der Waals surface area (Å²) in [6.07, 6.45) is 5.73. The van der Waals surface area contributed by atoms with Gasteiger partial charge in [-0.15, -0.1) is 0 Å². The maximum Gasteiger partial charge on any atom is 0.263 e. The number of fused-ring (bicyclic) bond motifs is 1. The number of rotatable bonds is 4. The molecular weight excluding hydrogens is 406 g/mol. The van der Waals surface area contributed by atoms with Crippen molar-refractivity contribution in [3.05, 3.63) is 29.3 Å². The van der Waals surface area contributed by atoms with E-state index in [-0.39, 0.29) is 29.7 Å². The zero-order valence-corrected chi connectivity index (χ0v) is 18.9. The Morgan fingerprint density at radius 3 is 2.59 bits per heavy atom. The van der Waals surface area contributed by atoms with Crippen LogP contribution in [0.15, 0.2) is 18.2 Å². The van der Waals surface area contributed by atoms with Crippen molar-refractivity contribution in [3.63, 3.8) is 0 Å². The van der Waals surface area contributed by atoms with E-state index in [1.54, 1.807) is 6.07 Å². The van der Waals surface area contributed by atoms with Crippen molar-refractivity contribution in [3.8, 4) is 0 Å². The summed E-state index contributed by atoms with van der Waals surface area (Å²) in [5.74, 6) is 0.429. The van der Waals surface area contributed by atoms with E-state index in [2.05, 4.69) is 11.8 Å². The number of imide groups is 1. The van der Waals surface area contributed by atoms with Gasteiger partial charge in [0.2, 0.25) is 5.91 Å². The molecule has 3 amide bonds. The van der Waals surface area contributed by atoms with Crippen molar-refractivity contribution in [1.29, 1.82) is 0 Å². The van der Waals surface area contributed by atoms with Crippen LogP contribution in [0.4, 0.5) is 5.69 Å². The highest BCUT2D eigenvalue weighted by Crippen LogP contribution is 2.35. The molecule has 4 aliphatic rings. The Balaban J connectivity index is 1.33. The van der Waals surface area contributed by atoms with Gasteiger partial charge in [-0.1, -0.05) is 13.0 Å². The molecule has 0 N–H and O–H groups in total. The van der Waals surface area contributed by atoms with Gasteiger partial charge >= 0.3 is 0 Å². The van der Waals surface area contributed by atoms with E-state index in [4.69, 9.17) is 4.74 Å². The van der Waals surface area contributed by atoms with E-state index >= 15 is 0 Å². The number of piperidine rings is 2. The maximum absolute atomic E-state index is 13.3. The Bertz CT molecular complexity index is 902. The largest absolute Gasteiger partial charge is 0.376 e. The molecule has 32 heavy (non-hydrogen) atoms. The van der Waals surface area contributed by atoms with Gasteiger partial charge in [0.15, 0.2) is 0 Å². The van der Waals surface area contributed by atoms with E-state index in [1.165, 1.54) is 4.90 Å². The van der Waals surface area contributed by atoms with Gasteiger partial charge in [-0.25, -0.2) is 0 Å². The molecular formula is C25H33N3O4. The third-order valence-electron chi connectivity index (χ3n) is 7.59. The SMILES string of the molecule is CC1CCN(C(=O)C2CCCN(c3cccc4c3C(=O)N(CC3CCCO3)C4=O)C2)CC1. The predicted molar refractivity (Wildman–Crippen MR) is 121 cm³/mol. The van der Waals surface area contributed by atoms with E-state index in [1.807, 2.05) is 17.0 Å². The van der Waals surface area contributed by atoms with Gasteiger partial charge in [-0.3, -0.25) is 19.3 Å². The number of hydrogen-bond acceptors (Lipinski definition) is 5. The highest BCUT2D eigenvalue weighted by atomic mass is 16.5. The molecule has 5 rings (SSSR count). The zero-order chi connectivity index (χ0) is 22.2. The second-order valence-electron chi connectivity index (χ2n) is 9.85. The molecule has 0 radical (unpaired) electrons. The molecule has 172 valence electrons. The molecule has 7 nitrogen and oxygen atoms in total. The normalized spacial score (nSPS) is 26.7. The summed E-state index contributed by atoms with van der Waals surface area (Å²) in [7, 11) is 0.